The van der Waals surface area contributed by atoms with Crippen molar-refractivity contribution in [1.82, 2.24) is 0 Å². The number of rotatable bonds is 5. The molecule has 0 saturated heterocycles. The Morgan fingerprint density at radius 3 is 1.31 bits per heavy atom. The summed E-state index contributed by atoms with van der Waals surface area (Å²) in [6.45, 7) is 12.4. The number of Topliss-reactive ketones (excluding diaryl/α,β-unsaturated/α-hetero) is 2. The van der Waals surface area contributed by atoms with Crippen molar-refractivity contribution in [2.45, 2.75) is 41.5 Å². The second kappa shape index (κ2) is 15.4. The number of anilines is 2. The number of carbonyl (C=O) groups is 2. The van der Waals surface area contributed by atoms with Crippen LogP contribution in [0.2, 0.25) is 0 Å². The predicted octanol–water partition coefficient (Wildman–Crippen LogP) is 11.9. The second-order valence-corrected chi connectivity index (χ2v) is 17.7. The quantitative estimate of drug-likeness (QED) is 0.199. The number of benzene rings is 4. The molecule has 0 saturated carbocycles. The molecule has 0 aromatic heterocycles. The first kappa shape index (κ1) is 36.5. The summed E-state index contributed by atoms with van der Waals surface area (Å²) in [7, 11) is 9.87. The van der Waals surface area contributed by atoms with Gasteiger partial charge in [0.05, 0.1) is 0 Å². The first-order chi connectivity index (χ1) is 23.3. The molecule has 0 bridgehead atoms. The van der Waals surface area contributed by atoms with Gasteiger partial charge in [0.15, 0.2) is 11.6 Å². The summed E-state index contributed by atoms with van der Waals surface area (Å²) in [5.74, 6) is 0.0516. The van der Waals surface area contributed by atoms with Gasteiger partial charge in [-0.25, -0.2) is 0 Å². The molecule has 0 aliphatic heterocycles. The summed E-state index contributed by atoms with van der Waals surface area (Å²) in [5.41, 5.74) is 6.03. The Hall–Kier alpha value is -3.76. The topological polar surface area (TPSA) is 58.2 Å². The van der Waals surface area contributed by atoms with Gasteiger partial charge in [-0.15, -0.1) is 0 Å². The number of fused-ring (bicyclic) bond motifs is 2. The molecule has 7 heteroatoms. The van der Waals surface area contributed by atoms with E-state index < -0.39 is 20.8 Å². The molecule has 0 unspecified atom stereocenters. The van der Waals surface area contributed by atoms with Gasteiger partial charge in [-0.05, 0) is 56.7 Å². The van der Waals surface area contributed by atoms with E-state index in [1.165, 1.54) is 0 Å². The number of allylic oxidation sites excluding steroid dienone is 10. The minimum atomic E-state index is -0.826. The van der Waals surface area contributed by atoms with E-state index in [-0.39, 0.29) is 22.4 Å². The van der Waals surface area contributed by atoms with Gasteiger partial charge in [0.1, 0.15) is 0 Å². The Morgan fingerprint density at radius 1 is 0.571 bits per heavy atom. The molecule has 2 aliphatic rings. The van der Waals surface area contributed by atoms with Crippen LogP contribution >= 0.6 is 17.0 Å². The molecule has 4 aromatic carbocycles. The first-order valence-corrected chi connectivity index (χ1v) is 22.5. The molecular formula is C42H40Cl2N2O2Zr. The van der Waals surface area contributed by atoms with Crippen molar-refractivity contribution < 1.29 is 30.4 Å². The zero-order valence-corrected chi connectivity index (χ0v) is 32.6. The van der Waals surface area contributed by atoms with Crippen molar-refractivity contribution >= 4 is 61.5 Å². The number of hydrogen-bond acceptors (Lipinski definition) is 4. The van der Waals surface area contributed by atoms with E-state index in [2.05, 4.69) is 101 Å². The van der Waals surface area contributed by atoms with E-state index in [4.69, 9.17) is 17.0 Å². The van der Waals surface area contributed by atoms with Crippen LogP contribution in [0.5, 0.6) is 0 Å². The molecule has 0 spiro atoms. The molecule has 0 atom stereocenters. The van der Waals surface area contributed by atoms with Crippen LogP contribution in [0.25, 0.3) is 32.7 Å². The molecule has 0 heterocycles. The van der Waals surface area contributed by atoms with Gasteiger partial charge in [-0.3, -0.25) is 9.59 Å². The standard InChI is InChI=1S/C42H40N2O2.2ClH.Zr/c1-41(2,3)33-19-11-15-29(39(33)45)25-43-35-23-21-27-13-7-9-17-31(27)37(35)38-32-18-10-8-14-28(32)22-24-36(38)44-26-30-16-12-20-34(40(30)46)42(4,5)6;;;/h7-26,43-44H,1-6H3;2*1H;/q;;;+2/p-2/b29-25-,30-26-;;;. The molecule has 2 aliphatic carbocycles. The van der Waals surface area contributed by atoms with Crippen molar-refractivity contribution in [2.24, 2.45) is 10.8 Å². The summed E-state index contributed by atoms with van der Waals surface area (Å²) in [5, 5.41) is 11.4. The molecule has 49 heavy (non-hydrogen) atoms. The van der Waals surface area contributed by atoms with Crippen LogP contribution in [0.1, 0.15) is 41.5 Å². The number of nitrogens with one attached hydrogen (secondary N) is 2. The molecule has 248 valence electrons. The zero-order valence-electron chi connectivity index (χ0n) is 28.6. The normalized spacial score (nSPS) is 16.4. The summed E-state index contributed by atoms with van der Waals surface area (Å²) in [6, 6.07) is 25.0. The van der Waals surface area contributed by atoms with E-state index in [1.54, 1.807) is 0 Å². The van der Waals surface area contributed by atoms with E-state index in [1.807, 2.05) is 73.1 Å². The van der Waals surface area contributed by atoms with Crippen LogP contribution in [-0.4, -0.2) is 11.6 Å². The second-order valence-electron chi connectivity index (χ2n) is 14.0. The molecule has 0 radical (unpaired) electrons. The summed E-state index contributed by atoms with van der Waals surface area (Å²) in [6.07, 6.45) is 15.1. The van der Waals surface area contributed by atoms with Crippen molar-refractivity contribution in [3.8, 4) is 11.1 Å². The number of ketones is 2. The van der Waals surface area contributed by atoms with Crippen LogP contribution in [0.4, 0.5) is 11.4 Å². The zero-order chi connectivity index (χ0) is 35.3. The van der Waals surface area contributed by atoms with Crippen LogP contribution in [0.15, 0.2) is 144 Å². The van der Waals surface area contributed by atoms with Crippen LogP contribution in [0.3, 0.4) is 0 Å². The van der Waals surface area contributed by atoms with E-state index in [0.29, 0.717) is 11.1 Å². The maximum absolute atomic E-state index is 13.5. The third-order valence-corrected chi connectivity index (χ3v) is 8.58. The number of carbonyl (C=O) groups excluding carboxylic acids is 2. The van der Waals surface area contributed by atoms with Crippen LogP contribution in [0, 0.1) is 10.8 Å². The van der Waals surface area contributed by atoms with E-state index in [0.717, 1.165) is 55.2 Å². The molecule has 0 fully saturated rings. The van der Waals surface area contributed by atoms with Gasteiger partial charge in [-0.2, -0.15) is 0 Å². The monoisotopic (exact) mass is 764 g/mol. The third kappa shape index (κ3) is 8.18. The average Bonchev–Trinajstić information content (AvgIpc) is 3.06. The SMILES string of the molecule is CC(C)(C)C1=CC=C/C(=C/Nc2ccc3ccccc3c2-c2c(N/C=C3/C=CC=C(C(C)(C)C)C3=O)ccc3ccccc23)C1=O.[Cl][Zr][Cl]. The predicted molar refractivity (Wildman–Crippen MR) is 205 cm³/mol. The van der Waals surface area contributed by atoms with Crippen molar-refractivity contribution in [3.05, 3.63) is 144 Å². The number of hydrogen-bond donors (Lipinski definition) is 2. The molecule has 0 amide bonds. The van der Waals surface area contributed by atoms with Crippen LogP contribution in [-0.2, 0) is 30.4 Å². The molecule has 6 rings (SSSR count). The van der Waals surface area contributed by atoms with Crippen molar-refractivity contribution in [2.75, 3.05) is 10.6 Å². The van der Waals surface area contributed by atoms with Gasteiger partial charge in [0, 0.05) is 57.2 Å². The van der Waals surface area contributed by atoms with Gasteiger partial charge >= 0.3 is 37.9 Å². The fourth-order valence-corrected chi connectivity index (χ4v) is 6.15. The average molecular weight is 767 g/mol. The fourth-order valence-electron chi connectivity index (χ4n) is 6.15. The molecule has 4 aromatic rings. The molecule has 2 N–H and O–H groups in total. The van der Waals surface area contributed by atoms with E-state index in [9.17, 15) is 9.59 Å². The van der Waals surface area contributed by atoms with Gasteiger partial charge in [-0.1, -0.05) is 127 Å². The van der Waals surface area contributed by atoms with Gasteiger partial charge in [0.2, 0.25) is 0 Å². The number of halogens is 2. The van der Waals surface area contributed by atoms with Crippen molar-refractivity contribution in [3.63, 3.8) is 0 Å². The third-order valence-electron chi connectivity index (χ3n) is 8.58. The van der Waals surface area contributed by atoms with E-state index >= 15 is 0 Å². The minimum absolute atomic E-state index is 0.0258. The molecular weight excluding hydrogens is 727 g/mol. The van der Waals surface area contributed by atoms with Gasteiger partial charge < -0.3 is 10.6 Å². The summed E-state index contributed by atoms with van der Waals surface area (Å²) < 4.78 is 0. The Morgan fingerprint density at radius 2 is 0.939 bits per heavy atom. The van der Waals surface area contributed by atoms with Crippen LogP contribution < -0.4 is 10.6 Å². The Bertz CT molecular complexity index is 1970. The fraction of sp³-hybridized carbons (Fsp3) is 0.190. The maximum atomic E-state index is 13.5. The Labute approximate surface area is 308 Å². The molecule has 4 nitrogen and oxygen atoms in total. The Kier molecular flexibility index (Phi) is 11.5. The Balaban J connectivity index is 0.00000151. The summed E-state index contributed by atoms with van der Waals surface area (Å²) >= 11 is -0.826. The summed E-state index contributed by atoms with van der Waals surface area (Å²) in [4.78, 5) is 26.9. The first-order valence-electron chi connectivity index (χ1n) is 16.2. The van der Waals surface area contributed by atoms with Crippen molar-refractivity contribution in [1.29, 1.82) is 0 Å². The van der Waals surface area contributed by atoms with Gasteiger partial charge in [0.25, 0.3) is 0 Å².